The SMILES string of the molecule is Cc1cnc(OC2CC3CCC2N(C(=O)c2ccccc2-c2ncc(F)cn2)C3)c(Cl)c1. The lowest BCUT2D eigenvalue weighted by atomic mass is 9.77. The lowest BCUT2D eigenvalue weighted by molar-refractivity contribution is -0.0312. The van der Waals surface area contributed by atoms with E-state index in [1.54, 1.807) is 18.3 Å². The van der Waals surface area contributed by atoms with Crippen molar-refractivity contribution >= 4 is 17.5 Å². The van der Waals surface area contributed by atoms with Crippen molar-refractivity contribution in [3.8, 4) is 17.3 Å². The average Bonchev–Trinajstić information content (AvgIpc) is 2.81. The summed E-state index contributed by atoms with van der Waals surface area (Å²) < 4.78 is 19.5. The summed E-state index contributed by atoms with van der Waals surface area (Å²) in [6, 6.07) is 8.93. The van der Waals surface area contributed by atoms with Gasteiger partial charge < -0.3 is 9.64 Å². The Kier molecular flexibility index (Phi) is 5.51. The minimum Gasteiger partial charge on any atom is -0.471 e. The number of amides is 1. The Morgan fingerprint density at radius 2 is 1.94 bits per heavy atom. The third-order valence-electron chi connectivity index (χ3n) is 6.21. The summed E-state index contributed by atoms with van der Waals surface area (Å²) in [7, 11) is 0. The number of nitrogens with zero attached hydrogens (tertiary/aromatic N) is 4. The Labute approximate surface area is 190 Å². The molecule has 2 bridgehead atoms. The summed E-state index contributed by atoms with van der Waals surface area (Å²) in [5, 5.41) is 0.475. The molecule has 0 spiro atoms. The molecular formula is C24H22ClFN4O2. The van der Waals surface area contributed by atoms with Crippen LogP contribution in [0.25, 0.3) is 11.4 Å². The van der Waals surface area contributed by atoms with Crippen molar-refractivity contribution in [1.29, 1.82) is 0 Å². The van der Waals surface area contributed by atoms with Crippen LogP contribution >= 0.6 is 11.6 Å². The van der Waals surface area contributed by atoms with Gasteiger partial charge in [-0.2, -0.15) is 0 Å². The Hall–Kier alpha value is -3.06. The van der Waals surface area contributed by atoms with Gasteiger partial charge in [-0.3, -0.25) is 4.79 Å². The maximum Gasteiger partial charge on any atom is 0.254 e. The van der Waals surface area contributed by atoms with Gasteiger partial charge in [0.05, 0.1) is 24.0 Å². The molecule has 4 heterocycles. The lowest BCUT2D eigenvalue weighted by Gasteiger charge is -2.49. The molecule has 3 aliphatic rings. The summed E-state index contributed by atoms with van der Waals surface area (Å²) >= 11 is 6.34. The van der Waals surface area contributed by atoms with E-state index in [-0.39, 0.29) is 18.1 Å². The first-order valence-electron chi connectivity index (χ1n) is 10.7. The van der Waals surface area contributed by atoms with Gasteiger partial charge >= 0.3 is 0 Å². The smallest absolute Gasteiger partial charge is 0.254 e. The van der Waals surface area contributed by atoms with Crippen molar-refractivity contribution < 1.29 is 13.9 Å². The maximum absolute atomic E-state index is 13.7. The summed E-state index contributed by atoms with van der Waals surface area (Å²) in [6.45, 7) is 2.60. The fraction of sp³-hybridized carbons (Fsp3) is 0.333. The number of hydrogen-bond acceptors (Lipinski definition) is 5. The van der Waals surface area contributed by atoms with Crippen molar-refractivity contribution in [3.05, 3.63) is 70.9 Å². The van der Waals surface area contributed by atoms with Crippen LogP contribution < -0.4 is 4.74 Å². The van der Waals surface area contributed by atoms with E-state index in [0.717, 1.165) is 37.2 Å². The quantitative estimate of drug-likeness (QED) is 0.573. The Balaban J connectivity index is 1.43. The number of piperidine rings is 2. The first-order valence-corrected chi connectivity index (χ1v) is 11.0. The Morgan fingerprint density at radius 3 is 2.69 bits per heavy atom. The number of carbonyl (C=O) groups excluding carboxylic acids is 1. The van der Waals surface area contributed by atoms with Gasteiger partial charge in [-0.15, -0.1) is 0 Å². The van der Waals surface area contributed by atoms with Crippen LogP contribution in [0.15, 0.2) is 48.9 Å². The number of aryl methyl sites for hydroxylation is 1. The number of rotatable bonds is 4. The molecule has 1 amide bonds. The number of carbonyl (C=O) groups is 1. The van der Waals surface area contributed by atoms with Gasteiger partial charge in [-0.1, -0.05) is 29.8 Å². The first-order chi connectivity index (χ1) is 15.5. The van der Waals surface area contributed by atoms with Crippen molar-refractivity contribution in [2.45, 2.75) is 38.3 Å². The molecule has 0 radical (unpaired) electrons. The van der Waals surface area contributed by atoms with E-state index >= 15 is 0 Å². The summed E-state index contributed by atoms with van der Waals surface area (Å²) in [6.07, 6.45) is 6.55. The first kappa shape index (κ1) is 20.8. The molecule has 2 aromatic heterocycles. The number of aromatic nitrogens is 3. The van der Waals surface area contributed by atoms with Crippen LogP contribution in [0, 0.1) is 18.7 Å². The van der Waals surface area contributed by atoms with Crippen LogP contribution in [0.2, 0.25) is 5.02 Å². The monoisotopic (exact) mass is 452 g/mol. The normalized spacial score (nSPS) is 22.1. The fourth-order valence-corrected chi connectivity index (χ4v) is 4.98. The number of ether oxygens (including phenoxy) is 1. The van der Waals surface area contributed by atoms with Crippen LogP contribution in [0.4, 0.5) is 4.39 Å². The highest BCUT2D eigenvalue weighted by Crippen LogP contribution is 2.39. The van der Waals surface area contributed by atoms with Crippen LogP contribution in [-0.2, 0) is 0 Å². The summed E-state index contributed by atoms with van der Waals surface area (Å²) in [4.78, 5) is 28.0. The van der Waals surface area contributed by atoms with E-state index in [4.69, 9.17) is 16.3 Å². The number of fused-ring (bicyclic) bond motifs is 3. The molecule has 3 atom stereocenters. The molecule has 164 valence electrons. The molecule has 32 heavy (non-hydrogen) atoms. The zero-order valence-corrected chi connectivity index (χ0v) is 18.3. The summed E-state index contributed by atoms with van der Waals surface area (Å²) in [5.74, 6) is 0.462. The van der Waals surface area contributed by atoms with E-state index in [0.29, 0.717) is 40.3 Å². The van der Waals surface area contributed by atoms with E-state index in [1.807, 2.05) is 30.0 Å². The van der Waals surface area contributed by atoms with Crippen LogP contribution in [-0.4, -0.2) is 44.4 Å². The molecule has 8 heteroatoms. The zero-order valence-electron chi connectivity index (χ0n) is 17.5. The number of pyridine rings is 1. The van der Waals surface area contributed by atoms with Gasteiger partial charge in [-0.25, -0.2) is 19.3 Å². The molecule has 0 N–H and O–H groups in total. The third-order valence-corrected chi connectivity index (χ3v) is 6.48. The molecule has 2 saturated heterocycles. The van der Waals surface area contributed by atoms with Gasteiger partial charge in [-0.05, 0) is 49.8 Å². The highest BCUT2D eigenvalue weighted by molar-refractivity contribution is 6.31. The van der Waals surface area contributed by atoms with Gasteiger partial charge in [0.25, 0.3) is 5.91 Å². The Morgan fingerprint density at radius 1 is 1.16 bits per heavy atom. The molecule has 1 aromatic carbocycles. The predicted octanol–water partition coefficient (Wildman–Crippen LogP) is 4.71. The molecule has 2 aliphatic heterocycles. The van der Waals surface area contributed by atoms with Crippen molar-refractivity contribution in [1.82, 2.24) is 19.9 Å². The average molecular weight is 453 g/mol. The van der Waals surface area contributed by atoms with E-state index < -0.39 is 5.82 Å². The second kappa shape index (κ2) is 8.47. The van der Waals surface area contributed by atoms with Gasteiger partial charge in [0.1, 0.15) is 11.1 Å². The highest BCUT2D eigenvalue weighted by Gasteiger charge is 2.45. The molecule has 3 aromatic rings. The number of halogens is 2. The van der Waals surface area contributed by atoms with E-state index in [9.17, 15) is 9.18 Å². The van der Waals surface area contributed by atoms with Crippen LogP contribution in [0.5, 0.6) is 5.88 Å². The highest BCUT2D eigenvalue weighted by atomic mass is 35.5. The zero-order chi connectivity index (χ0) is 22.2. The van der Waals surface area contributed by atoms with Crippen LogP contribution in [0.1, 0.15) is 35.2 Å². The predicted molar refractivity (Wildman–Crippen MR) is 118 cm³/mol. The van der Waals surface area contributed by atoms with Crippen LogP contribution in [0.3, 0.4) is 0 Å². The molecule has 6 rings (SSSR count). The second-order valence-corrected chi connectivity index (χ2v) is 8.84. The van der Waals surface area contributed by atoms with Gasteiger partial charge in [0, 0.05) is 18.3 Å². The van der Waals surface area contributed by atoms with Crippen molar-refractivity contribution in [2.75, 3.05) is 6.54 Å². The van der Waals surface area contributed by atoms with E-state index in [2.05, 4.69) is 15.0 Å². The Bertz CT molecular complexity index is 1160. The minimum absolute atomic E-state index is 0.0751. The number of benzene rings is 1. The fourth-order valence-electron chi connectivity index (χ4n) is 4.71. The largest absolute Gasteiger partial charge is 0.471 e. The van der Waals surface area contributed by atoms with E-state index in [1.165, 1.54) is 0 Å². The molecule has 3 unspecified atom stereocenters. The molecule has 3 fully saturated rings. The standard InChI is InChI=1S/C24H22ClFN4O2/c1-14-8-19(25)23(29-10-14)32-21-9-15-6-7-20(21)30(13-15)24(31)18-5-3-2-4-17(18)22-27-11-16(26)12-28-22/h2-5,8,10-12,15,20-21H,6-7,9,13H2,1H3. The molecule has 6 nitrogen and oxygen atoms in total. The molecule has 1 saturated carbocycles. The van der Waals surface area contributed by atoms with Crippen molar-refractivity contribution in [2.24, 2.45) is 5.92 Å². The molecular weight excluding hydrogens is 431 g/mol. The third kappa shape index (κ3) is 3.93. The van der Waals surface area contributed by atoms with Gasteiger partial charge in [0.2, 0.25) is 5.88 Å². The topological polar surface area (TPSA) is 68.2 Å². The maximum atomic E-state index is 13.7. The van der Waals surface area contributed by atoms with Crippen molar-refractivity contribution in [3.63, 3.8) is 0 Å². The summed E-state index contributed by atoms with van der Waals surface area (Å²) in [5.41, 5.74) is 2.04. The minimum atomic E-state index is -0.519. The lowest BCUT2D eigenvalue weighted by Crippen LogP contribution is -2.59. The molecule has 1 aliphatic carbocycles. The van der Waals surface area contributed by atoms with Gasteiger partial charge in [0.15, 0.2) is 11.6 Å². The number of hydrogen-bond donors (Lipinski definition) is 0. The second-order valence-electron chi connectivity index (χ2n) is 8.43.